The van der Waals surface area contributed by atoms with E-state index in [0.717, 1.165) is 25.9 Å². The molecule has 9 nitrogen and oxygen atoms in total. The zero-order valence-electron chi connectivity index (χ0n) is 29.5. The number of hydrogen-bond acceptors (Lipinski definition) is 9. The van der Waals surface area contributed by atoms with Crippen molar-refractivity contribution in [2.24, 2.45) is 0 Å². The molecule has 0 rings (SSSR count). The lowest BCUT2D eigenvalue weighted by atomic mass is 10.1. The van der Waals surface area contributed by atoms with Gasteiger partial charge in [0.2, 0.25) is 0 Å². The molecule has 9 heteroatoms. The second-order valence-electron chi connectivity index (χ2n) is 11.6. The van der Waals surface area contributed by atoms with Crippen molar-refractivity contribution in [1.29, 1.82) is 0 Å². The van der Waals surface area contributed by atoms with E-state index in [1.807, 2.05) is 0 Å². The summed E-state index contributed by atoms with van der Waals surface area (Å²) in [6.45, 7) is 12.5. The van der Waals surface area contributed by atoms with Crippen molar-refractivity contribution in [1.82, 2.24) is 0 Å². The first kappa shape index (κ1) is 44.2. The van der Waals surface area contributed by atoms with Gasteiger partial charge in [0.25, 0.3) is 0 Å². The summed E-state index contributed by atoms with van der Waals surface area (Å²) >= 11 is 0. The molecule has 0 aliphatic heterocycles. The number of carbonyl (C=O) groups is 1. The van der Waals surface area contributed by atoms with Crippen LogP contribution in [-0.4, -0.2) is 105 Å². The van der Waals surface area contributed by atoms with Gasteiger partial charge in [-0.2, -0.15) is 0 Å². The smallest absolute Gasteiger partial charge is 0.305 e. The topological polar surface area (TPSA) is 90.9 Å². The highest BCUT2D eigenvalue weighted by Gasteiger charge is 2.02. The molecular weight excluding hydrogens is 576 g/mol. The molecule has 270 valence electrons. The average Bonchev–Trinajstić information content (AvgIpc) is 3.05. The van der Waals surface area contributed by atoms with Gasteiger partial charge >= 0.3 is 5.97 Å². The monoisotopic (exact) mass is 649 g/mol. The van der Waals surface area contributed by atoms with E-state index in [2.05, 4.69) is 13.8 Å². The van der Waals surface area contributed by atoms with E-state index in [1.165, 1.54) is 89.9 Å². The molecule has 0 bridgehead atoms. The zero-order valence-corrected chi connectivity index (χ0v) is 29.5. The predicted molar refractivity (Wildman–Crippen MR) is 181 cm³/mol. The number of esters is 1. The summed E-state index contributed by atoms with van der Waals surface area (Å²) in [5.74, 6) is -0.134. The lowest BCUT2D eigenvalue weighted by Gasteiger charge is -2.09. The highest BCUT2D eigenvalue weighted by molar-refractivity contribution is 5.69. The molecule has 0 unspecified atom stereocenters. The third kappa shape index (κ3) is 41.2. The molecule has 0 aliphatic rings. The Morgan fingerprint density at radius 2 is 0.578 bits per heavy atom. The van der Waals surface area contributed by atoms with Crippen molar-refractivity contribution in [3.63, 3.8) is 0 Å². The molecule has 0 aliphatic carbocycles. The molecule has 0 spiro atoms. The molecule has 0 aromatic heterocycles. The normalized spacial score (nSPS) is 11.4. The zero-order chi connectivity index (χ0) is 32.6. The second-order valence-corrected chi connectivity index (χ2v) is 11.6. The van der Waals surface area contributed by atoms with Crippen LogP contribution in [0.5, 0.6) is 0 Å². The Balaban J connectivity index is 3.09. The van der Waals surface area contributed by atoms with E-state index in [4.69, 9.17) is 37.9 Å². The lowest BCUT2D eigenvalue weighted by molar-refractivity contribution is -0.145. The third-order valence-electron chi connectivity index (χ3n) is 7.35. The molecule has 0 saturated carbocycles. The summed E-state index contributed by atoms with van der Waals surface area (Å²) in [6, 6.07) is 0. The maximum absolute atomic E-state index is 11.7. The maximum Gasteiger partial charge on any atom is 0.305 e. The highest BCUT2D eigenvalue weighted by Crippen LogP contribution is 2.11. The van der Waals surface area contributed by atoms with E-state index in [0.29, 0.717) is 98.9 Å². The summed E-state index contributed by atoms with van der Waals surface area (Å²) in [6.07, 6.45) is 22.4. The van der Waals surface area contributed by atoms with Gasteiger partial charge in [0.1, 0.15) is 6.61 Å². The summed E-state index contributed by atoms with van der Waals surface area (Å²) in [4.78, 5) is 11.7. The molecular formula is C36H72O9. The highest BCUT2D eigenvalue weighted by atomic mass is 16.6. The van der Waals surface area contributed by atoms with Gasteiger partial charge in [-0.25, -0.2) is 0 Å². The molecule has 0 N–H and O–H groups in total. The molecule has 0 amide bonds. The summed E-state index contributed by atoms with van der Waals surface area (Å²) in [5.41, 5.74) is 0. The Kier molecular flexibility index (Phi) is 40.5. The molecule has 0 heterocycles. The van der Waals surface area contributed by atoms with Crippen molar-refractivity contribution >= 4 is 5.97 Å². The number of ether oxygens (including phenoxy) is 8. The van der Waals surface area contributed by atoms with Gasteiger partial charge in [0, 0.05) is 13.0 Å². The number of carbonyl (C=O) groups excluding carboxylic acids is 1. The van der Waals surface area contributed by atoms with E-state index in [1.54, 1.807) is 0 Å². The fraction of sp³-hybridized carbons (Fsp3) is 0.972. The largest absolute Gasteiger partial charge is 0.463 e. The molecule has 0 atom stereocenters. The van der Waals surface area contributed by atoms with Crippen LogP contribution in [0.1, 0.15) is 129 Å². The molecule has 0 aromatic carbocycles. The molecule has 0 saturated heterocycles. The van der Waals surface area contributed by atoms with Crippen molar-refractivity contribution in [3.8, 4) is 0 Å². The number of unbranched alkanes of at least 4 members (excludes halogenated alkanes) is 15. The van der Waals surface area contributed by atoms with Crippen LogP contribution in [0.4, 0.5) is 0 Å². The van der Waals surface area contributed by atoms with Crippen LogP contribution in [0.15, 0.2) is 0 Å². The third-order valence-corrected chi connectivity index (χ3v) is 7.35. The van der Waals surface area contributed by atoms with E-state index in [-0.39, 0.29) is 5.97 Å². The minimum Gasteiger partial charge on any atom is -0.463 e. The molecule has 45 heavy (non-hydrogen) atoms. The van der Waals surface area contributed by atoms with Gasteiger partial charge in [-0.1, -0.05) is 110 Å². The van der Waals surface area contributed by atoms with Crippen molar-refractivity contribution in [3.05, 3.63) is 0 Å². The Labute approximate surface area is 277 Å². The minimum absolute atomic E-state index is 0.134. The van der Waals surface area contributed by atoms with Crippen molar-refractivity contribution in [2.75, 3.05) is 99.1 Å². The minimum atomic E-state index is -0.134. The first-order valence-corrected chi connectivity index (χ1v) is 18.5. The van der Waals surface area contributed by atoms with Crippen LogP contribution in [0.3, 0.4) is 0 Å². The standard InChI is InChI=1S/C36H72O9/c1-3-5-7-9-11-12-13-14-15-17-19-21-38-22-23-39-24-25-40-26-27-41-28-29-42-30-31-43-32-33-44-34-35-45-36(37)20-18-16-10-8-6-4-2/h3-35H2,1-2H3. The second kappa shape index (κ2) is 41.2. The van der Waals surface area contributed by atoms with Crippen molar-refractivity contribution in [2.45, 2.75) is 129 Å². The van der Waals surface area contributed by atoms with Gasteiger partial charge in [0.15, 0.2) is 0 Å². The predicted octanol–water partition coefficient (Wildman–Crippen LogP) is 7.71. The van der Waals surface area contributed by atoms with Crippen LogP contribution in [0.2, 0.25) is 0 Å². The summed E-state index contributed by atoms with van der Waals surface area (Å²) < 4.78 is 43.8. The Morgan fingerprint density at radius 3 is 0.933 bits per heavy atom. The van der Waals surface area contributed by atoms with Crippen LogP contribution >= 0.6 is 0 Å². The van der Waals surface area contributed by atoms with Crippen molar-refractivity contribution < 1.29 is 42.7 Å². The van der Waals surface area contributed by atoms with E-state index in [9.17, 15) is 4.79 Å². The Bertz CT molecular complexity index is 551. The van der Waals surface area contributed by atoms with Crippen LogP contribution in [0.25, 0.3) is 0 Å². The van der Waals surface area contributed by atoms with E-state index >= 15 is 0 Å². The molecule has 0 radical (unpaired) electrons. The first-order valence-electron chi connectivity index (χ1n) is 18.5. The fourth-order valence-electron chi connectivity index (χ4n) is 4.63. The van der Waals surface area contributed by atoms with Gasteiger partial charge in [-0.05, 0) is 12.8 Å². The fourth-order valence-corrected chi connectivity index (χ4v) is 4.63. The molecule has 0 aromatic rings. The SMILES string of the molecule is CCCCCCCCCCCCCOCCOCCOCCOCCOCCOCCOCCOC(=O)CCCCCCCC. The van der Waals surface area contributed by atoms with E-state index < -0.39 is 0 Å². The van der Waals surface area contributed by atoms with Gasteiger partial charge in [0.05, 0.1) is 85.9 Å². The number of hydrogen-bond donors (Lipinski definition) is 0. The van der Waals surface area contributed by atoms with Crippen LogP contribution in [-0.2, 0) is 42.7 Å². The average molecular weight is 649 g/mol. The Hall–Kier alpha value is -0.810. The maximum atomic E-state index is 11.7. The van der Waals surface area contributed by atoms with Gasteiger partial charge < -0.3 is 37.9 Å². The lowest BCUT2D eigenvalue weighted by Crippen LogP contribution is -2.15. The van der Waals surface area contributed by atoms with Gasteiger partial charge in [-0.15, -0.1) is 0 Å². The molecule has 0 fully saturated rings. The summed E-state index contributed by atoms with van der Waals surface area (Å²) in [5, 5.41) is 0. The van der Waals surface area contributed by atoms with Crippen LogP contribution in [0, 0.1) is 0 Å². The quantitative estimate of drug-likeness (QED) is 0.0489. The summed E-state index contributed by atoms with van der Waals surface area (Å²) in [7, 11) is 0. The van der Waals surface area contributed by atoms with Gasteiger partial charge in [-0.3, -0.25) is 4.79 Å². The Morgan fingerprint density at radius 1 is 0.311 bits per heavy atom. The number of rotatable bonds is 40. The van der Waals surface area contributed by atoms with Crippen LogP contribution < -0.4 is 0 Å². The first-order chi connectivity index (χ1) is 22.3.